The van der Waals surface area contributed by atoms with Crippen LogP contribution >= 0.6 is 0 Å². The number of nitrogens with one attached hydrogen (secondary N) is 1. The molecule has 112 valence electrons. The minimum atomic E-state index is -0.0573. The van der Waals surface area contributed by atoms with Gasteiger partial charge in [-0.3, -0.25) is 0 Å². The van der Waals surface area contributed by atoms with Crippen molar-refractivity contribution in [2.24, 2.45) is 0 Å². The highest BCUT2D eigenvalue weighted by molar-refractivity contribution is 5.75. The van der Waals surface area contributed by atoms with Gasteiger partial charge >= 0.3 is 6.03 Å². The van der Waals surface area contributed by atoms with E-state index < -0.39 is 0 Å². The Morgan fingerprint density at radius 2 is 2.48 bits per heavy atom. The number of rotatable bonds is 4. The molecule has 21 heavy (non-hydrogen) atoms. The summed E-state index contributed by atoms with van der Waals surface area (Å²) in [5.74, 6) is 1.64. The van der Waals surface area contributed by atoms with Crippen molar-refractivity contribution >= 4 is 6.03 Å². The van der Waals surface area contributed by atoms with Crippen molar-refractivity contribution in [2.75, 3.05) is 13.1 Å². The molecular formula is C15H19N3O3. The first kappa shape index (κ1) is 13.7. The standard InChI is InChI=1S/C15H19N3O3/c1-11-10-14(21-17-11)13-5-2-8-18(13)15(19)16-7-6-12-4-3-9-20-12/h3-4,9-10,13H,2,5-8H2,1H3,(H,16,19)/t13-/m0/s1. The summed E-state index contributed by atoms with van der Waals surface area (Å²) >= 11 is 0. The number of hydrogen-bond donors (Lipinski definition) is 1. The molecule has 3 rings (SSSR count). The lowest BCUT2D eigenvalue weighted by molar-refractivity contribution is 0.182. The Morgan fingerprint density at radius 1 is 1.57 bits per heavy atom. The van der Waals surface area contributed by atoms with Crippen molar-refractivity contribution in [3.63, 3.8) is 0 Å². The van der Waals surface area contributed by atoms with E-state index in [1.807, 2.05) is 30.0 Å². The first-order valence-electron chi connectivity index (χ1n) is 7.24. The van der Waals surface area contributed by atoms with Crippen LogP contribution in [0.25, 0.3) is 0 Å². The average Bonchev–Trinajstić information content (AvgIpc) is 3.18. The summed E-state index contributed by atoms with van der Waals surface area (Å²) in [6.45, 7) is 3.19. The fourth-order valence-electron chi connectivity index (χ4n) is 2.69. The summed E-state index contributed by atoms with van der Waals surface area (Å²) in [4.78, 5) is 14.1. The SMILES string of the molecule is Cc1cc([C@@H]2CCCN2C(=O)NCCc2ccco2)on1. The summed E-state index contributed by atoms with van der Waals surface area (Å²) in [6.07, 6.45) is 4.23. The topological polar surface area (TPSA) is 71.5 Å². The molecule has 3 heterocycles. The van der Waals surface area contributed by atoms with Gasteiger partial charge in [-0.1, -0.05) is 5.16 Å². The molecule has 6 nitrogen and oxygen atoms in total. The number of carbonyl (C=O) groups excluding carboxylic acids is 1. The second kappa shape index (κ2) is 6.03. The third kappa shape index (κ3) is 3.09. The van der Waals surface area contributed by atoms with Gasteiger partial charge in [0.25, 0.3) is 0 Å². The third-order valence-corrected chi connectivity index (χ3v) is 3.72. The molecule has 0 bridgehead atoms. The van der Waals surface area contributed by atoms with Gasteiger partial charge in [-0.05, 0) is 31.9 Å². The van der Waals surface area contributed by atoms with Crippen molar-refractivity contribution in [1.82, 2.24) is 15.4 Å². The van der Waals surface area contributed by atoms with Crippen molar-refractivity contribution in [2.45, 2.75) is 32.2 Å². The first-order chi connectivity index (χ1) is 10.2. The molecule has 1 saturated heterocycles. The van der Waals surface area contributed by atoms with Gasteiger partial charge < -0.3 is 19.2 Å². The molecule has 0 radical (unpaired) electrons. The van der Waals surface area contributed by atoms with Gasteiger partial charge in [0.15, 0.2) is 5.76 Å². The molecule has 2 aromatic rings. The number of likely N-dealkylation sites (tertiary alicyclic amines) is 1. The van der Waals surface area contributed by atoms with E-state index in [1.54, 1.807) is 6.26 Å². The average molecular weight is 289 g/mol. The summed E-state index contributed by atoms with van der Waals surface area (Å²) in [6, 6.07) is 5.59. The largest absolute Gasteiger partial charge is 0.469 e. The molecule has 0 spiro atoms. The fraction of sp³-hybridized carbons (Fsp3) is 0.467. The zero-order valence-electron chi connectivity index (χ0n) is 12.0. The number of urea groups is 1. The van der Waals surface area contributed by atoms with E-state index in [2.05, 4.69) is 10.5 Å². The molecule has 1 atom stereocenters. The molecule has 1 aliphatic heterocycles. The minimum Gasteiger partial charge on any atom is -0.469 e. The van der Waals surface area contributed by atoms with Crippen LogP contribution in [0.1, 0.15) is 36.1 Å². The Kier molecular flexibility index (Phi) is 3.94. The molecule has 2 amide bonds. The van der Waals surface area contributed by atoms with E-state index in [4.69, 9.17) is 8.94 Å². The molecule has 1 fully saturated rings. The smallest absolute Gasteiger partial charge is 0.318 e. The van der Waals surface area contributed by atoms with Crippen LogP contribution in [0.15, 0.2) is 33.4 Å². The van der Waals surface area contributed by atoms with Crippen LogP contribution in [0.3, 0.4) is 0 Å². The zero-order chi connectivity index (χ0) is 14.7. The number of hydrogen-bond acceptors (Lipinski definition) is 4. The normalized spacial score (nSPS) is 18.1. The Hall–Kier alpha value is -2.24. The van der Waals surface area contributed by atoms with Crippen LogP contribution in [0.4, 0.5) is 4.79 Å². The summed E-state index contributed by atoms with van der Waals surface area (Å²) in [5, 5.41) is 6.84. The molecule has 6 heteroatoms. The second-order valence-electron chi connectivity index (χ2n) is 5.28. The summed E-state index contributed by atoms with van der Waals surface area (Å²) < 4.78 is 10.6. The highest BCUT2D eigenvalue weighted by Crippen LogP contribution is 2.32. The summed E-state index contributed by atoms with van der Waals surface area (Å²) in [7, 11) is 0. The van der Waals surface area contributed by atoms with Gasteiger partial charge in [-0.2, -0.15) is 0 Å². The Morgan fingerprint density at radius 3 is 3.19 bits per heavy atom. The molecule has 1 N–H and O–H groups in total. The molecule has 0 aliphatic carbocycles. The van der Waals surface area contributed by atoms with Crippen LogP contribution in [-0.4, -0.2) is 29.2 Å². The Bertz CT molecular complexity index is 591. The first-order valence-corrected chi connectivity index (χ1v) is 7.24. The van der Waals surface area contributed by atoms with E-state index in [1.165, 1.54) is 0 Å². The second-order valence-corrected chi connectivity index (χ2v) is 5.28. The van der Waals surface area contributed by atoms with Crippen LogP contribution in [0.5, 0.6) is 0 Å². The minimum absolute atomic E-state index is 0.00480. The molecule has 0 saturated carbocycles. The Balaban J connectivity index is 1.55. The number of aryl methyl sites for hydroxylation is 1. The maximum absolute atomic E-state index is 12.3. The van der Waals surface area contributed by atoms with Crippen LogP contribution in [0, 0.1) is 6.92 Å². The van der Waals surface area contributed by atoms with E-state index in [9.17, 15) is 4.79 Å². The van der Waals surface area contributed by atoms with E-state index in [0.717, 1.165) is 36.6 Å². The van der Waals surface area contributed by atoms with Crippen molar-refractivity contribution in [3.8, 4) is 0 Å². The van der Waals surface area contributed by atoms with Gasteiger partial charge in [0.1, 0.15) is 5.76 Å². The molecular weight excluding hydrogens is 270 g/mol. The predicted molar refractivity (Wildman–Crippen MR) is 75.7 cm³/mol. The van der Waals surface area contributed by atoms with Crippen molar-refractivity contribution in [3.05, 3.63) is 41.7 Å². The molecule has 0 unspecified atom stereocenters. The fourth-order valence-corrected chi connectivity index (χ4v) is 2.69. The molecule has 1 aliphatic rings. The van der Waals surface area contributed by atoms with Gasteiger partial charge in [0.05, 0.1) is 18.0 Å². The van der Waals surface area contributed by atoms with Gasteiger partial charge in [0, 0.05) is 25.6 Å². The number of aromatic nitrogens is 1. The van der Waals surface area contributed by atoms with Gasteiger partial charge in [0.2, 0.25) is 0 Å². The zero-order valence-corrected chi connectivity index (χ0v) is 12.0. The van der Waals surface area contributed by atoms with Crippen LogP contribution in [0.2, 0.25) is 0 Å². The number of carbonyl (C=O) groups is 1. The van der Waals surface area contributed by atoms with Crippen LogP contribution in [-0.2, 0) is 6.42 Å². The van der Waals surface area contributed by atoms with E-state index in [0.29, 0.717) is 13.0 Å². The quantitative estimate of drug-likeness (QED) is 0.939. The highest BCUT2D eigenvalue weighted by atomic mass is 16.5. The van der Waals surface area contributed by atoms with E-state index in [-0.39, 0.29) is 12.1 Å². The van der Waals surface area contributed by atoms with Crippen molar-refractivity contribution < 1.29 is 13.7 Å². The highest BCUT2D eigenvalue weighted by Gasteiger charge is 2.32. The maximum atomic E-state index is 12.3. The summed E-state index contributed by atoms with van der Waals surface area (Å²) in [5.41, 5.74) is 0.843. The third-order valence-electron chi connectivity index (χ3n) is 3.72. The number of furan rings is 1. The number of amides is 2. The lowest BCUT2D eigenvalue weighted by Gasteiger charge is -2.22. The monoisotopic (exact) mass is 289 g/mol. The maximum Gasteiger partial charge on any atom is 0.318 e. The lowest BCUT2D eigenvalue weighted by atomic mass is 10.1. The molecule has 2 aromatic heterocycles. The van der Waals surface area contributed by atoms with Crippen molar-refractivity contribution in [1.29, 1.82) is 0 Å². The van der Waals surface area contributed by atoms with Gasteiger partial charge in [-0.15, -0.1) is 0 Å². The van der Waals surface area contributed by atoms with Gasteiger partial charge in [-0.25, -0.2) is 4.79 Å². The van der Waals surface area contributed by atoms with E-state index >= 15 is 0 Å². The Labute approximate surface area is 123 Å². The predicted octanol–water partition coefficient (Wildman–Crippen LogP) is 2.67. The lowest BCUT2D eigenvalue weighted by Crippen LogP contribution is -2.40. The molecule has 0 aromatic carbocycles. The van der Waals surface area contributed by atoms with Crippen LogP contribution < -0.4 is 5.32 Å². The number of nitrogens with zero attached hydrogens (tertiary/aromatic N) is 2.